The van der Waals surface area contributed by atoms with Gasteiger partial charge in [0.2, 0.25) is 0 Å². The van der Waals surface area contributed by atoms with E-state index in [-0.39, 0.29) is 0 Å². The lowest BCUT2D eigenvalue weighted by Gasteiger charge is -2.10. The Kier molecular flexibility index (Phi) is 6.71. The summed E-state index contributed by atoms with van der Waals surface area (Å²) < 4.78 is 5.77. The van der Waals surface area contributed by atoms with E-state index in [1.165, 1.54) is 11.1 Å². The van der Waals surface area contributed by atoms with E-state index >= 15 is 0 Å². The molecule has 0 spiro atoms. The lowest BCUT2D eigenvalue weighted by atomic mass is 10.2. The van der Waals surface area contributed by atoms with Crippen molar-refractivity contribution in [2.24, 2.45) is 0 Å². The molecule has 0 bridgehead atoms. The third-order valence-corrected chi connectivity index (χ3v) is 3.45. The van der Waals surface area contributed by atoms with Gasteiger partial charge in [-0.15, -0.1) is 0 Å². The maximum absolute atomic E-state index is 5.77. The molecule has 0 aromatic heterocycles. The van der Waals surface area contributed by atoms with Gasteiger partial charge in [-0.2, -0.15) is 0 Å². The number of rotatable bonds is 7. The normalized spacial score (nSPS) is 10.0. The van der Waals surface area contributed by atoms with Crippen molar-refractivity contribution < 1.29 is 4.74 Å². The minimum atomic E-state index is 0.587. The van der Waals surface area contributed by atoms with Gasteiger partial charge >= 0.3 is 0 Å². The van der Waals surface area contributed by atoms with Crippen molar-refractivity contribution in [3.63, 3.8) is 0 Å². The van der Waals surface area contributed by atoms with Gasteiger partial charge in [-0.25, -0.2) is 0 Å². The van der Waals surface area contributed by atoms with E-state index < -0.39 is 0 Å². The van der Waals surface area contributed by atoms with Gasteiger partial charge in [-0.1, -0.05) is 49.4 Å². The van der Waals surface area contributed by atoms with Crippen molar-refractivity contribution in [3.8, 4) is 5.75 Å². The molecule has 0 amide bonds. The fraction of sp³-hybridized carbons (Fsp3) is 0.278. The monoisotopic (exact) mass is 314 g/mol. The van der Waals surface area contributed by atoms with Crippen molar-refractivity contribution in [2.75, 3.05) is 6.54 Å². The van der Waals surface area contributed by atoms with Crippen LogP contribution in [0.2, 0.25) is 0 Å². The summed E-state index contributed by atoms with van der Waals surface area (Å²) in [6.45, 7) is 4.32. The Morgan fingerprint density at radius 1 is 0.955 bits per heavy atom. The molecule has 0 saturated carbocycles. The van der Waals surface area contributed by atoms with Crippen molar-refractivity contribution in [1.82, 2.24) is 10.6 Å². The van der Waals surface area contributed by atoms with E-state index in [4.69, 9.17) is 17.0 Å². The molecule has 0 aliphatic carbocycles. The zero-order chi connectivity index (χ0) is 15.6. The number of benzene rings is 2. The summed E-state index contributed by atoms with van der Waals surface area (Å²) in [5, 5.41) is 7.04. The first-order valence-electron chi connectivity index (χ1n) is 7.55. The molecule has 3 nitrogen and oxygen atoms in total. The zero-order valence-electron chi connectivity index (χ0n) is 12.8. The molecule has 0 radical (unpaired) electrons. The molecule has 0 aliphatic rings. The molecule has 22 heavy (non-hydrogen) atoms. The molecule has 2 aromatic carbocycles. The maximum Gasteiger partial charge on any atom is 0.166 e. The van der Waals surface area contributed by atoms with Crippen LogP contribution in [-0.4, -0.2) is 11.7 Å². The van der Waals surface area contributed by atoms with Crippen LogP contribution in [0.25, 0.3) is 0 Å². The highest BCUT2D eigenvalue weighted by Crippen LogP contribution is 2.14. The summed E-state index contributed by atoms with van der Waals surface area (Å²) >= 11 is 5.19. The lowest BCUT2D eigenvalue weighted by Crippen LogP contribution is -2.35. The summed E-state index contributed by atoms with van der Waals surface area (Å²) in [7, 11) is 0. The maximum atomic E-state index is 5.77. The SMILES string of the molecule is CCCNC(=S)NCc1ccc(OCc2ccccc2)cc1. The highest BCUT2D eigenvalue weighted by molar-refractivity contribution is 7.80. The van der Waals surface area contributed by atoms with Crippen LogP contribution in [0, 0.1) is 0 Å². The highest BCUT2D eigenvalue weighted by atomic mass is 32.1. The molecule has 0 fully saturated rings. The molecule has 4 heteroatoms. The van der Waals surface area contributed by atoms with E-state index in [0.29, 0.717) is 18.3 Å². The Morgan fingerprint density at radius 2 is 1.68 bits per heavy atom. The second kappa shape index (κ2) is 9.05. The van der Waals surface area contributed by atoms with Gasteiger partial charge in [0.05, 0.1) is 0 Å². The second-order valence-corrected chi connectivity index (χ2v) is 5.44. The highest BCUT2D eigenvalue weighted by Gasteiger charge is 1.98. The Hall–Kier alpha value is -2.07. The van der Waals surface area contributed by atoms with Crippen LogP contribution in [0.5, 0.6) is 5.75 Å². The van der Waals surface area contributed by atoms with Crippen molar-refractivity contribution in [1.29, 1.82) is 0 Å². The number of nitrogens with one attached hydrogen (secondary N) is 2. The molecule has 0 heterocycles. The van der Waals surface area contributed by atoms with Gasteiger partial charge < -0.3 is 15.4 Å². The van der Waals surface area contributed by atoms with Gasteiger partial charge in [0, 0.05) is 13.1 Å². The van der Waals surface area contributed by atoms with E-state index in [1.54, 1.807) is 0 Å². The molecule has 0 aliphatic heterocycles. The first-order chi connectivity index (χ1) is 10.8. The lowest BCUT2D eigenvalue weighted by molar-refractivity contribution is 0.306. The van der Waals surface area contributed by atoms with E-state index in [0.717, 1.165) is 18.7 Å². The van der Waals surface area contributed by atoms with E-state index in [2.05, 4.69) is 41.8 Å². The Balaban J connectivity index is 1.76. The Labute approximate surface area is 137 Å². The number of ether oxygens (including phenoxy) is 1. The van der Waals surface area contributed by atoms with Crippen LogP contribution in [0.15, 0.2) is 54.6 Å². The number of thiocarbonyl (C=S) groups is 1. The van der Waals surface area contributed by atoms with Crippen LogP contribution >= 0.6 is 12.2 Å². The molecular weight excluding hydrogens is 292 g/mol. The third kappa shape index (κ3) is 5.74. The minimum Gasteiger partial charge on any atom is -0.489 e. The molecule has 2 rings (SSSR count). The Bertz CT molecular complexity index is 569. The minimum absolute atomic E-state index is 0.587. The molecule has 0 atom stereocenters. The van der Waals surface area contributed by atoms with Gasteiger partial charge in [0.25, 0.3) is 0 Å². The predicted molar refractivity (Wildman–Crippen MR) is 94.9 cm³/mol. The van der Waals surface area contributed by atoms with E-state index in [1.807, 2.05) is 30.3 Å². The topological polar surface area (TPSA) is 33.3 Å². The smallest absolute Gasteiger partial charge is 0.166 e. The first-order valence-corrected chi connectivity index (χ1v) is 7.96. The van der Waals surface area contributed by atoms with Crippen LogP contribution in [0.3, 0.4) is 0 Å². The van der Waals surface area contributed by atoms with Crippen molar-refractivity contribution in [2.45, 2.75) is 26.5 Å². The van der Waals surface area contributed by atoms with Crippen molar-refractivity contribution >= 4 is 17.3 Å². The summed E-state index contributed by atoms with van der Waals surface area (Å²) in [4.78, 5) is 0. The first kappa shape index (κ1) is 16.3. The average molecular weight is 314 g/mol. The molecule has 0 unspecified atom stereocenters. The van der Waals surface area contributed by atoms with Gasteiger partial charge in [0.1, 0.15) is 12.4 Å². The number of hydrogen-bond acceptors (Lipinski definition) is 2. The quantitative estimate of drug-likeness (QED) is 0.765. The molecule has 0 saturated heterocycles. The summed E-state index contributed by atoms with van der Waals surface area (Å²) in [5.74, 6) is 0.874. The molecular formula is C18H22N2OS. The predicted octanol–water partition coefficient (Wildman–Crippen LogP) is 3.64. The Morgan fingerprint density at radius 3 is 2.36 bits per heavy atom. The summed E-state index contributed by atoms with van der Waals surface area (Å²) in [6, 6.07) is 18.2. The summed E-state index contributed by atoms with van der Waals surface area (Å²) in [5.41, 5.74) is 2.34. The molecule has 2 N–H and O–H groups in total. The number of hydrogen-bond donors (Lipinski definition) is 2. The van der Waals surface area contributed by atoms with Crippen LogP contribution in [0.4, 0.5) is 0 Å². The molecule has 116 valence electrons. The molecule has 2 aromatic rings. The summed E-state index contributed by atoms with van der Waals surface area (Å²) in [6.07, 6.45) is 1.06. The van der Waals surface area contributed by atoms with Crippen LogP contribution in [0.1, 0.15) is 24.5 Å². The second-order valence-electron chi connectivity index (χ2n) is 5.03. The van der Waals surface area contributed by atoms with Crippen molar-refractivity contribution in [3.05, 3.63) is 65.7 Å². The van der Waals surface area contributed by atoms with Crippen LogP contribution in [-0.2, 0) is 13.2 Å². The largest absolute Gasteiger partial charge is 0.489 e. The van der Waals surface area contributed by atoms with E-state index in [9.17, 15) is 0 Å². The fourth-order valence-electron chi connectivity index (χ4n) is 1.93. The van der Waals surface area contributed by atoms with Gasteiger partial charge in [-0.3, -0.25) is 0 Å². The van der Waals surface area contributed by atoms with Gasteiger partial charge in [-0.05, 0) is 41.9 Å². The fourth-order valence-corrected chi connectivity index (χ4v) is 2.10. The zero-order valence-corrected chi connectivity index (χ0v) is 13.7. The third-order valence-electron chi connectivity index (χ3n) is 3.16. The standard InChI is InChI=1S/C18H22N2OS/c1-2-12-19-18(22)20-13-15-8-10-17(11-9-15)21-14-16-6-4-3-5-7-16/h3-11H,2,12-14H2,1H3,(H2,19,20,22). The van der Waals surface area contributed by atoms with Crippen LogP contribution < -0.4 is 15.4 Å². The average Bonchev–Trinajstić information content (AvgIpc) is 2.58. The van der Waals surface area contributed by atoms with Gasteiger partial charge in [0.15, 0.2) is 5.11 Å².